The predicted octanol–water partition coefficient (Wildman–Crippen LogP) is 1.51. The van der Waals surface area contributed by atoms with Crippen LogP contribution in [-0.2, 0) is 16.9 Å². The topological polar surface area (TPSA) is 105 Å². The van der Waals surface area contributed by atoms with Crippen LogP contribution in [0.3, 0.4) is 0 Å². The van der Waals surface area contributed by atoms with E-state index in [4.69, 9.17) is 0 Å². The van der Waals surface area contributed by atoms with E-state index in [2.05, 4.69) is 10.1 Å². The zero-order valence-electron chi connectivity index (χ0n) is 15.0. The zero-order valence-corrected chi connectivity index (χ0v) is 16.7. The summed E-state index contributed by atoms with van der Waals surface area (Å²) in [6.45, 7) is 1.20. The fourth-order valence-corrected chi connectivity index (χ4v) is 5.25. The van der Waals surface area contributed by atoms with Crippen LogP contribution in [0.4, 0.5) is 5.13 Å². The minimum Gasteiger partial charge on any atom is -0.391 e. The van der Waals surface area contributed by atoms with Crippen LogP contribution < -0.4 is 4.90 Å². The highest BCUT2D eigenvalue weighted by molar-refractivity contribution is 7.91. The Morgan fingerprint density at radius 3 is 2.79 bits per heavy atom. The number of rotatable bonds is 5. The summed E-state index contributed by atoms with van der Waals surface area (Å²) in [6, 6.07) is 5.98. The number of aliphatic hydroxyl groups excluding tert-OH is 1. The largest absolute Gasteiger partial charge is 0.391 e. The van der Waals surface area contributed by atoms with Crippen LogP contribution >= 0.6 is 11.3 Å². The minimum absolute atomic E-state index is 0.0405. The Morgan fingerprint density at radius 2 is 2.11 bits per heavy atom. The number of thiazole rings is 1. The number of anilines is 1. The van der Waals surface area contributed by atoms with Gasteiger partial charge in [0.25, 0.3) is 0 Å². The van der Waals surface area contributed by atoms with E-state index in [1.165, 1.54) is 46.7 Å². The Labute approximate surface area is 166 Å². The van der Waals surface area contributed by atoms with Gasteiger partial charge >= 0.3 is 0 Å². The van der Waals surface area contributed by atoms with Crippen molar-refractivity contribution < 1.29 is 18.3 Å². The van der Waals surface area contributed by atoms with E-state index >= 15 is 0 Å². The summed E-state index contributed by atoms with van der Waals surface area (Å²) < 4.78 is 26.9. The molecule has 0 aliphatic carbocycles. The first-order valence-corrected chi connectivity index (χ1v) is 10.9. The number of ketones is 1. The van der Waals surface area contributed by atoms with Gasteiger partial charge in [-0.3, -0.25) is 9.48 Å². The zero-order chi connectivity index (χ0) is 19.9. The van der Waals surface area contributed by atoms with Crippen LogP contribution in [-0.4, -0.2) is 53.3 Å². The first kappa shape index (κ1) is 18.8. The highest BCUT2D eigenvalue weighted by Gasteiger charge is 2.25. The van der Waals surface area contributed by atoms with Crippen LogP contribution in [0.5, 0.6) is 0 Å². The van der Waals surface area contributed by atoms with Gasteiger partial charge in [-0.25, -0.2) is 13.4 Å². The van der Waals surface area contributed by atoms with E-state index in [0.717, 1.165) is 0 Å². The first-order valence-electron chi connectivity index (χ1n) is 8.62. The maximum Gasteiger partial charge on any atom is 0.209 e. The molecule has 10 heteroatoms. The third-order valence-electron chi connectivity index (χ3n) is 4.55. The molecule has 0 amide bonds. The van der Waals surface area contributed by atoms with Crippen molar-refractivity contribution in [2.45, 2.75) is 22.3 Å². The lowest BCUT2D eigenvalue weighted by Gasteiger charge is -2.12. The molecular formula is C18H18N4O4S2. The number of aliphatic hydroxyl groups is 1. The molecule has 0 bridgehead atoms. The van der Waals surface area contributed by atoms with Gasteiger partial charge in [0, 0.05) is 31.9 Å². The Bertz CT molecular complexity index is 1140. The molecule has 1 saturated heterocycles. The summed E-state index contributed by atoms with van der Waals surface area (Å²) in [6.07, 6.45) is 4.50. The summed E-state index contributed by atoms with van der Waals surface area (Å²) in [5, 5.41) is 14.2. The van der Waals surface area contributed by atoms with Gasteiger partial charge in [0.05, 0.1) is 28.3 Å². The smallest absolute Gasteiger partial charge is 0.209 e. The molecule has 0 spiro atoms. The number of carbonyl (C=O) groups is 1. The molecule has 0 radical (unpaired) electrons. The fraction of sp³-hybridized carbons (Fsp3) is 0.278. The molecule has 28 heavy (non-hydrogen) atoms. The molecule has 1 aliphatic rings. The highest BCUT2D eigenvalue weighted by atomic mass is 32.2. The van der Waals surface area contributed by atoms with Gasteiger partial charge in [0.15, 0.2) is 5.13 Å². The van der Waals surface area contributed by atoms with Crippen molar-refractivity contribution in [2.24, 2.45) is 7.05 Å². The maximum atomic E-state index is 12.8. The Kier molecular flexibility index (Phi) is 4.77. The third kappa shape index (κ3) is 3.46. The molecule has 4 rings (SSSR count). The van der Waals surface area contributed by atoms with Crippen LogP contribution in [0.1, 0.15) is 21.7 Å². The number of aromatic nitrogens is 3. The summed E-state index contributed by atoms with van der Waals surface area (Å²) >= 11 is 1.24. The Morgan fingerprint density at radius 1 is 1.29 bits per heavy atom. The second-order valence-electron chi connectivity index (χ2n) is 6.61. The second-order valence-corrected chi connectivity index (χ2v) is 9.56. The van der Waals surface area contributed by atoms with Crippen molar-refractivity contribution in [2.75, 3.05) is 18.0 Å². The Hall–Kier alpha value is -2.56. The third-order valence-corrected chi connectivity index (χ3v) is 7.31. The molecule has 1 aromatic carbocycles. The molecule has 1 N–H and O–H groups in total. The van der Waals surface area contributed by atoms with Crippen LogP contribution in [0.25, 0.3) is 0 Å². The molecule has 2 aromatic heterocycles. The summed E-state index contributed by atoms with van der Waals surface area (Å²) in [7, 11) is -2.12. The lowest BCUT2D eigenvalue weighted by atomic mass is 10.1. The van der Waals surface area contributed by atoms with Gasteiger partial charge < -0.3 is 10.0 Å². The summed E-state index contributed by atoms with van der Waals surface area (Å²) in [5.41, 5.74) is 0.279. The van der Waals surface area contributed by atoms with Crippen molar-refractivity contribution in [3.05, 3.63) is 53.3 Å². The molecule has 8 nitrogen and oxygen atoms in total. The van der Waals surface area contributed by atoms with E-state index in [1.54, 1.807) is 19.2 Å². The average Bonchev–Trinajstić information content (AvgIpc) is 3.42. The van der Waals surface area contributed by atoms with Crippen molar-refractivity contribution >= 4 is 32.1 Å². The number of carbonyl (C=O) groups excluding carboxylic acids is 1. The van der Waals surface area contributed by atoms with E-state index in [9.17, 15) is 18.3 Å². The van der Waals surface area contributed by atoms with Crippen LogP contribution in [0.2, 0.25) is 0 Å². The van der Waals surface area contributed by atoms with Crippen molar-refractivity contribution in [3.63, 3.8) is 0 Å². The van der Waals surface area contributed by atoms with E-state index in [0.29, 0.717) is 29.5 Å². The monoisotopic (exact) mass is 418 g/mol. The molecule has 0 saturated carbocycles. The lowest BCUT2D eigenvalue weighted by molar-refractivity contribution is 0.104. The lowest BCUT2D eigenvalue weighted by Crippen LogP contribution is -2.20. The number of β-amino-alcohol motifs (C(OH)–C–C–N with tert-alkyl or cyclic N) is 1. The fourth-order valence-electron chi connectivity index (χ4n) is 3.05. The predicted molar refractivity (Wildman–Crippen MR) is 103 cm³/mol. The first-order chi connectivity index (χ1) is 13.3. The molecule has 1 unspecified atom stereocenters. The molecule has 1 aliphatic heterocycles. The van der Waals surface area contributed by atoms with Gasteiger partial charge in [-0.15, -0.1) is 0 Å². The van der Waals surface area contributed by atoms with Crippen molar-refractivity contribution in [3.8, 4) is 0 Å². The molecule has 3 aromatic rings. The van der Waals surface area contributed by atoms with Gasteiger partial charge in [-0.05, 0) is 18.6 Å². The molecule has 3 heterocycles. The van der Waals surface area contributed by atoms with E-state index in [-0.39, 0.29) is 27.2 Å². The van der Waals surface area contributed by atoms with E-state index in [1.807, 2.05) is 4.90 Å². The van der Waals surface area contributed by atoms with Gasteiger partial charge in [-0.1, -0.05) is 23.5 Å². The average molecular weight is 419 g/mol. The van der Waals surface area contributed by atoms with Gasteiger partial charge in [-0.2, -0.15) is 5.10 Å². The number of aryl methyl sites for hydroxylation is 1. The second kappa shape index (κ2) is 7.12. The number of sulfone groups is 1. The number of hydrogen-bond donors (Lipinski definition) is 1. The van der Waals surface area contributed by atoms with Crippen molar-refractivity contribution in [1.29, 1.82) is 0 Å². The molecular weight excluding hydrogens is 400 g/mol. The minimum atomic E-state index is -3.75. The number of hydrogen-bond acceptors (Lipinski definition) is 8. The molecule has 1 atom stereocenters. The highest BCUT2D eigenvalue weighted by Crippen LogP contribution is 2.28. The number of benzene rings is 1. The normalized spacial score (nSPS) is 17.2. The van der Waals surface area contributed by atoms with Crippen LogP contribution in [0.15, 0.2) is 52.6 Å². The maximum absolute atomic E-state index is 12.8. The standard InChI is InChI=1S/C18H18N4O4S2/c1-21-11-15(8-20-21)28(25,26)14-4-2-3-12(7-14)17(24)16-9-19-18(27-16)22-6-5-13(23)10-22/h2-4,7-9,11,13,23H,5-6,10H2,1H3. The SMILES string of the molecule is Cn1cc(S(=O)(=O)c2cccc(C(=O)c3cnc(N4CCC(O)C4)s3)c2)cn1. The van der Waals surface area contributed by atoms with E-state index < -0.39 is 9.84 Å². The van der Waals surface area contributed by atoms with Crippen molar-refractivity contribution in [1.82, 2.24) is 14.8 Å². The summed E-state index contributed by atoms with van der Waals surface area (Å²) in [4.78, 5) is 19.6. The van der Waals surface area contributed by atoms with Crippen LogP contribution in [0, 0.1) is 0 Å². The molecule has 146 valence electrons. The summed E-state index contributed by atoms with van der Waals surface area (Å²) in [5.74, 6) is -0.285. The molecule has 1 fully saturated rings. The Balaban J connectivity index is 1.61. The quantitative estimate of drug-likeness (QED) is 0.626. The van der Waals surface area contributed by atoms with Gasteiger partial charge in [0.1, 0.15) is 4.90 Å². The van der Waals surface area contributed by atoms with Gasteiger partial charge in [0.2, 0.25) is 15.6 Å². The number of nitrogens with zero attached hydrogens (tertiary/aromatic N) is 4.